The van der Waals surface area contributed by atoms with Crippen LogP contribution in [0.4, 0.5) is 0 Å². The molecule has 0 unspecified atom stereocenters. The molecule has 0 saturated heterocycles. The van der Waals surface area contributed by atoms with Crippen molar-refractivity contribution in [1.82, 2.24) is 0 Å². The molecule has 2 rings (SSSR count). The van der Waals surface area contributed by atoms with Gasteiger partial charge in [0.05, 0.1) is 11.1 Å². The smallest absolute Gasteiger partial charge is 0.175 e. The molecular weight excluding hydrogens is 334 g/mol. The first-order valence-electron chi connectivity index (χ1n) is 6.70. The second-order valence-corrected chi connectivity index (χ2v) is 5.35. The zero-order chi connectivity index (χ0) is 15.2. The van der Waals surface area contributed by atoms with E-state index >= 15 is 0 Å². The van der Waals surface area contributed by atoms with Gasteiger partial charge in [0.15, 0.2) is 11.5 Å². The minimum Gasteiger partial charge on any atom is -0.508 e. The molecule has 0 aliphatic rings. The Morgan fingerprint density at radius 1 is 1.10 bits per heavy atom. The maximum Gasteiger partial charge on any atom is 0.175 e. The van der Waals surface area contributed by atoms with Crippen LogP contribution in [0.25, 0.3) is 0 Å². The molecule has 0 aliphatic carbocycles. The van der Waals surface area contributed by atoms with Gasteiger partial charge in [0.25, 0.3) is 0 Å². The average Bonchev–Trinajstić information content (AvgIpc) is 2.48. The Labute approximate surface area is 132 Å². The van der Waals surface area contributed by atoms with Crippen LogP contribution in [0.15, 0.2) is 40.9 Å². The van der Waals surface area contributed by atoms with Crippen molar-refractivity contribution >= 4 is 15.9 Å². The van der Waals surface area contributed by atoms with Gasteiger partial charge in [-0.3, -0.25) is 0 Å². The topological polar surface area (TPSA) is 64.7 Å². The lowest BCUT2D eigenvalue weighted by atomic mass is 10.2. The Hall–Kier alpha value is -1.72. The van der Waals surface area contributed by atoms with Crippen LogP contribution in [-0.2, 0) is 13.2 Å². The molecule has 0 heterocycles. The van der Waals surface area contributed by atoms with Gasteiger partial charge < -0.3 is 20.3 Å². The van der Waals surface area contributed by atoms with Gasteiger partial charge >= 0.3 is 0 Å². The summed E-state index contributed by atoms with van der Waals surface area (Å²) in [4.78, 5) is 0. The third kappa shape index (κ3) is 4.12. The summed E-state index contributed by atoms with van der Waals surface area (Å²) in [6.07, 6.45) is 0. The monoisotopic (exact) mass is 351 g/mol. The van der Waals surface area contributed by atoms with Crippen molar-refractivity contribution in [2.24, 2.45) is 5.73 Å². The molecule has 0 saturated carbocycles. The zero-order valence-electron chi connectivity index (χ0n) is 11.8. The number of hydrogen-bond acceptors (Lipinski definition) is 4. The minimum absolute atomic E-state index is 0.238. The number of nitrogens with two attached hydrogens (primary N) is 1. The highest BCUT2D eigenvalue weighted by Gasteiger charge is 2.12. The fourth-order valence-electron chi connectivity index (χ4n) is 1.89. The van der Waals surface area contributed by atoms with E-state index in [9.17, 15) is 5.11 Å². The van der Waals surface area contributed by atoms with E-state index in [0.717, 1.165) is 15.6 Å². The number of aromatic hydroxyl groups is 1. The molecule has 4 nitrogen and oxygen atoms in total. The quantitative estimate of drug-likeness (QED) is 0.834. The second-order valence-electron chi connectivity index (χ2n) is 4.50. The summed E-state index contributed by atoms with van der Waals surface area (Å²) in [5.41, 5.74) is 7.61. The van der Waals surface area contributed by atoms with Gasteiger partial charge in [-0.15, -0.1) is 0 Å². The van der Waals surface area contributed by atoms with Crippen molar-refractivity contribution in [3.8, 4) is 17.2 Å². The zero-order valence-corrected chi connectivity index (χ0v) is 13.4. The van der Waals surface area contributed by atoms with Crippen molar-refractivity contribution in [2.75, 3.05) is 6.61 Å². The number of benzene rings is 2. The number of hydrogen-bond donors (Lipinski definition) is 2. The molecule has 0 fully saturated rings. The molecule has 0 spiro atoms. The summed E-state index contributed by atoms with van der Waals surface area (Å²) in [5.74, 6) is 1.57. The summed E-state index contributed by atoms with van der Waals surface area (Å²) >= 11 is 3.49. The van der Waals surface area contributed by atoms with Crippen LogP contribution in [0.2, 0.25) is 0 Å². The van der Waals surface area contributed by atoms with Crippen LogP contribution in [0.3, 0.4) is 0 Å². The van der Waals surface area contributed by atoms with Crippen LogP contribution in [-0.4, -0.2) is 11.7 Å². The first-order valence-corrected chi connectivity index (χ1v) is 7.49. The van der Waals surface area contributed by atoms with Crippen LogP contribution < -0.4 is 15.2 Å². The van der Waals surface area contributed by atoms with Gasteiger partial charge in [0, 0.05) is 6.54 Å². The fourth-order valence-corrected chi connectivity index (χ4v) is 2.49. The molecule has 3 N–H and O–H groups in total. The molecule has 112 valence electrons. The van der Waals surface area contributed by atoms with Gasteiger partial charge in [0.2, 0.25) is 0 Å². The molecule has 0 bridgehead atoms. The Balaban J connectivity index is 2.19. The van der Waals surface area contributed by atoms with Gasteiger partial charge in [-0.1, -0.05) is 12.1 Å². The Morgan fingerprint density at radius 2 is 1.81 bits per heavy atom. The van der Waals surface area contributed by atoms with Crippen LogP contribution >= 0.6 is 15.9 Å². The molecule has 0 amide bonds. The highest BCUT2D eigenvalue weighted by atomic mass is 79.9. The van der Waals surface area contributed by atoms with E-state index in [2.05, 4.69) is 15.9 Å². The van der Waals surface area contributed by atoms with E-state index in [4.69, 9.17) is 15.2 Å². The normalized spacial score (nSPS) is 10.4. The maximum atomic E-state index is 9.28. The standard InChI is InChI=1S/C16H18BrNO3/c1-2-20-15-8-12(9-18)7-14(17)16(15)21-10-11-3-5-13(19)6-4-11/h3-8,19H,2,9-10,18H2,1H3. The molecule has 0 radical (unpaired) electrons. The SMILES string of the molecule is CCOc1cc(CN)cc(Br)c1OCc1ccc(O)cc1. The average molecular weight is 352 g/mol. The summed E-state index contributed by atoms with van der Waals surface area (Å²) in [6.45, 7) is 3.31. The molecule has 2 aromatic rings. The van der Waals surface area contributed by atoms with E-state index in [-0.39, 0.29) is 5.75 Å². The predicted molar refractivity (Wildman–Crippen MR) is 85.6 cm³/mol. The van der Waals surface area contributed by atoms with Crippen molar-refractivity contribution < 1.29 is 14.6 Å². The summed E-state index contributed by atoms with van der Waals surface area (Å²) in [7, 11) is 0. The number of ether oxygens (including phenoxy) is 2. The van der Waals surface area contributed by atoms with E-state index in [1.807, 2.05) is 31.2 Å². The number of phenolic OH excluding ortho intramolecular Hbond substituents is 1. The molecule has 2 aromatic carbocycles. The van der Waals surface area contributed by atoms with E-state index in [0.29, 0.717) is 31.3 Å². The van der Waals surface area contributed by atoms with Gasteiger partial charge in [-0.05, 0) is 58.2 Å². The van der Waals surface area contributed by atoms with E-state index in [1.54, 1.807) is 12.1 Å². The molecule has 0 aliphatic heterocycles. The highest BCUT2D eigenvalue weighted by Crippen LogP contribution is 2.37. The van der Waals surface area contributed by atoms with Crippen molar-refractivity contribution in [3.63, 3.8) is 0 Å². The fraction of sp³-hybridized carbons (Fsp3) is 0.250. The van der Waals surface area contributed by atoms with Crippen LogP contribution in [0.1, 0.15) is 18.1 Å². The minimum atomic E-state index is 0.238. The van der Waals surface area contributed by atoms with Crippen LogP contribution in [0.5, 0.6) is 17.2 Å². The Bertz CT molecular complexity index is 599. The maximum absolute atomic E-state index is 9.28. The van der Waals surface area contributed by atoms with Crippen molar-refractivity contribution in [2.45, 2.75) is 20.1 Å². The highest BCUT2D eigenvalue weighted by molar-refractivity contribution is 9.10. The molecule has 0 atom stereocenters. The number of rotatable bonds is 6. The molecule has 5 heteroatoms. The first kappa shape index (κ1) is 15.7. The molecule has 0 aromatic heterocycles. The van der Waals surface area contributed by atoms with Crippen molar-refractivity contribution in [3.05, 3.63) is 52.0 Å². The van der Waals surface area contributed by atoms with Gasteiger partial charge in [-0.25, -0.2) is 0 Å². The summed E-state index contributed by atoms with van der Waals surface area (Å²) < 4.78 is 12.3. The lowest BCUT2D eigenvalue weighted by Crippen LogP contribution is -2.03. The number of halogens is 1. The van der Waals surface area contributed by atoms with Crippen LogP contribution in [0, 0.1) is 0 Å². The lowest BCUT2D eigenvalue weighted by Gasteiger charge is -2.15. The molecular formula is C16H18BrNO3. The van der Waals surface area contributed by atoms with Gasteiger partial charge in [0.1, 0.15) is 12.4 Å². The Kier molecular flexibility index (Phi) is 5.47. The third-order valence-corrected chi connectivity index (χ3v) is 3.51. The summed E-state index contributed by atoms with van der Waals surface area (Å²) in [5, 5.41) is 9.28. The first-order chi connectivity index (χ1) is 10.1. The molecule has 21 heavy (non-hydrogen) atoms. The largest absolute Gasteiger partial charge is 0.508 e. The Morgan fingerprint density at radius 3 is 2.43 bits per heavy atom. The number of phenols is 1. The van der Waals surface area contributed by atoms with E-state index in [1.165, 1.54) is 0 Å². The summed E-state index contributed by atoms with van der Waals surface area (Å²) in [6, 6.07) is 10.7. The van der Waals surface area contributed by atoms with E-state index < -0.39 is 0 Å². The third-order valence-electron chi connectivity index (χ3n) is 2.92. The second kappa shape index (κ2) is 7.33. The van der Waals surface area contributed by atoms with Gasteiger partial charge in [-0.2, -0.15) is 0 Å². The van der Waals surface area contributed by atoms with Crippen molar-refractivity contribution in [1.29, 1.82) is 0 Å². The predicted octanol–water partition coefficient (Wildman–Crippen LogP) is 3.59. The lowest BCUT2D eigenvalue weighted by molar-refractivity contribution is 0.267.